The summed E-state index contributed by atoms with van der Waals surface area (Å²) in [7, 11) is 3.86. The Morgan fingerprint density at radius 3 is 2.79 bits per heavy atom. The van der Waals surface area contributed by atoms with Gasteiger partial charge in [0.15, 0.2) is 0 Å². The first-order valence-corrected chi connectivity index (χ1v) is 10.4. The van der Waals surface area contributed by atoms with Gasteiger partial charge in [-0.25, -0.2) is 9.97 Å². The van der Waals surface area contributed by atoms with E-state index in [0.29, 0.717) is 10.9 Å². The van der Waals surface area contributed by atoms with Crippen LogP contribution in [-0.4, -0.2) is 48.7 Å². The molecule has 5 nitrogen and oxygen atoms in total. The summed E-state index contributed by atoms with van der Waals surface area (Å²) in [5, 5.41) is 5.33. The van der Waals surface area contributed by atoms with Crippen LogP contribution in [0.2, 0.25) is 5.02 Å². The minimum absolute atomic E-state index is 0.590. The molecule has 1 fully saturated rings. The van der Waals surface area contributed by atoms with Crippen LogP contribution < -0.4 is 10.1 Å². The van der Waals surface area contributed by atoms with Gasteiger partial charge in [-0.15, -0.1) is 0 Å². The van der Waals surface area contributed by atoms with Gasteiger partial charge in [0.2, 0.25) is 5.88 Å². The molecule has 0 amide bonds. The summed E-state index contributed by atoms with van der Waals surface area (Å²) in [5.41, 5.74) is 3.54. The molecule has 1 N–H and O–H groups in total. The zero-order valence-electron chi connectivity index (χ0n) is 16.5. The van der Waals surface area contributed by atoms with Crippen LogP contribution in [0.1, 0.15) is 25.7 Å². The van der Waals surface area contributed by atoms with Crippen LogP contribution in [0.3, 0.4) is 0 Å². The summed E-state index contributed by atoms with van der Waals surface area (Å²) in [5.74, 6) is 1.54. The molecule has 0 spiro atoms. The maximum Gasteiger partial charge on any atom is 0.213 e. The number of hydrogen-bond acceptors (Lipinski definition) is 5. The first kappa shape index (κ1) is 19.2. The van der Waals surface area contributed by atoms with Gasteiger partial charge in [-0.05, 0) is 69.5 Å². The van der Waals surface area contributed by atoms with Crippen molar-refractivity contribution in [2.75, 3.05) is 39.1 Å². The van der Waals surface area contributed by atoms with Gasteiger partial charge in [0.25, 0.3) is 0 Å². The molecule has 0 unspecified atom stereocenters. The average Bonchev–Trinajstić information content (AvgIpc) is 3.50. The van der Waals surface area contributed by atoms with E-state index in [0.717, 1.165) is 53.1 Å². The Labute approximate surface area is 171 Å². The molecule has 0 saturated heterocycles. The second kappa shape index (κ2) is 8.50. The van der Waals surface area contributed by atoms with Crippen molar-refractivity contribution < 1.29 is 4.74 Å². The van der Waals surface area contributed by atoms with Crippen LogP contribution in [0.4, 0.5) is 5.69 Å². The second-order valence-corrected chi connectivity index (χ2v) is 8.15. The number of fused-ring (bicyclic) bond motifs is 2. The molecular formula is C22H27ClN4O. The number of nitrogens with one attached hydrogen (secondary N) is 1. The maximum atomic E-state index is 6.18. The molecule has 0 radical (unpaired) electrons. The van der Waals surface area contributed by atoms with Crippen LogP contribution in [-0.2, 0) is 0 Å². The van der Waals surface area contributed by atoms with Crippen molar-refractivity contribution in [2.24, 2.45) is 5.92 Å². The Hall–Kier alpha value is -2.11. The van der Waals surface area contributed by atoms with Crippen molar-refractivity contribution in [3.63, 3.8) is 0 Å². The SMILES string of the molecule is COc1ccc2nc3cc(Cl)ccc3c(NCCCCN(C)CC3CC3)c2n1. The van der Waals surface area contributed by atoms with Gasteiger partial charge < -0.3 is 15.0 Å². The number of benzene rings is 1. The molecule has 0 bridgehead atoms. The average molecular weight is 399 g/mol. The third-order valence-electron chi connectivity index (χ3n) is 5.30. The van der Waals surface area contributed by atoms with Gasteiger partial charge in [-0.2, -0.15) is 0 Å². The largest absolute Gasteiger partial charge is 0.481 e. The third-order valence-corrected chi connectivity index (χ3v) is 5.53. The summed E-state index contributed by atoms with van der Waals surface area (Å²) in [4.78, 5) is 11.8. The number of nitrogens with zero attached hydrogens (tertiary/aromatic N) is 3. The van der Waals surface area contributed by atoms with E-state index in [9.17, 15) is 0 Å². The van der Waals surface area contributed by atoms with Gasteiger partial charge in [-0.1, -0.05) is 11.6 Å². The number of hydrogen-bond donors (Lipinski definition) is 1. The van der Waals surface area contributed by atoms with E-state index in [-0.39, 0.29) is 0 Å². The van der Waals surface area contributed by atoms with Crippen molar-refractivity contribution in [2.45, 2.75) is 25.7 Å². The number of pyridine rings is 2. The van der Waals surface area contributed by atoms with E-state index >= 15 is 0 Å². The normalized spacial score (nSPS) is 14.1. The lowest BCUT2D eigenvalue weighted by Crippen LogP contribution is -2.22. The Morgan fingerprint density at radius 2 is 2.00 bits per heavy atom. The fourth-order valence-electron chi connectivity index (χ4n) is 3.62. The molecule has 0 aliphatic heterocycles. The Bertz CT molecular complexity index is 974. The first-order chi connectivity index (χ1) is 13.6. The Balaban J connectivity index is 1.51. The predicted molar refractivity (Wildman–Crippen MR) is 117 cm³/mol. The molecule has 1 aliphatic carbocycles. The topological polar surface area (TPSA) is 50.3 Å². The van der Waals surface area contributed by atoms with E-state index in [2.05, 4.69) is 22.2 Å². The zero-order valence-corrected chi connectivity index (χ0v) is 17.3. The summed E-state index contributed by atoms with van der Waals surface area (Å²) < 4.78 is 5.32. The smallest absolute Gasteiger partial charge is 0.213 e. The van der Waals surface area contributed by atoms with Gasteiger partial charge in [-0.3, -0.25) is 0 Å². The van der Waals surface area contributed by atoms with Crippen molar-refractivity contribution in [1.29, 1.82) is 0 Å². The lowest BCUT2D eigenvalue weighted by atomic mass is 10.1. The first-order valence-electron chi connectivity index (χ1n) is 10.0. The molecule has 1 saturated carbocycles. The quantitative estimate of drug-likeness (QED) is 0.407. The van der Waals surface area contributed by atoms with Crippen LogP contribution in [0.25, 0.3) is 21.9 Å². The molecule has 6 heteroatoms. The highest BCUT2D eigenvalue weighted by atomic mass is 35.5. The summed E-state index contributed by atoms with van der Waals surface area (Å²) >= 11 is 6.18. The van der Waals surface area contributed by atoms with E-state index in [1.807, 2.05) is 30.3 Å². The predicted octanol–water partition coefficient (Wildman–Crippen LogP) is 4.98. The lowest BCUT2D eigenvalue weighted by molar-refractivity contribution is 0.314. The summed E-state index contributed by atoms with van der Waals surface area (Å²) in [6, 6.07) is 9.59. The summed E-state index contributed by atoms with van der Waals surface area (Å²) in [6.07, 6.45) is 5.11. The highest BCUT2D eigenvalue weighted by Crippen LogP contribution is 2.32. The van der Waals surface area contributed by atoms with E-state index in [1.54, 1.807) is 7.11 Å². The van der Waals surface area contributed by atoms with Crippen molar-refractivity contribution in [3.05, 3.63) is 35.4 Å². The minimum Gasteiger partial charge on any atom is -0.481 e. The van der Waals surface area contributed by atoms with E-state index < -0.39 is 0 Å². The highest BCUT2D eigenvalue weighted by Gasteiger charge is 2.22. The molecule has 3 aromatic rings. The van der Waals surface area contributed by atoms with Crippen LogP contribution in [0.15, 0.2) is 30.3 Å². The third kappa shape index (κ3) is 4.47. The number of unbranched alkanes of at least 4 members (excludes halogenated alkanes) is 1. The lowest BCUT2D eigenvalue weighted by Gasteiger charge is -2.16. The molecule has 28 heavy (non-hydrogen) atoms. The molecule has 1 aromatic carbocycles. The molecule has 2 heterocycles. The molecular weight excluding hydrogens is 372 g/mol. The standard InChI is InChI=1S/C22H27ClN4O/c1-27(14-15-5-6-15)12-4-3-11-24-21-17-8-7-16(23)13-19(17)25-18-9-10-20(28-2)26-22(18)21/h7-10,13,15H,3-6,11-12,14H2,1-2H3,(H,24,25). The van der Waals surface area contributed by atoms with E-state index in [4.69, 9.17) is 21.3 Å². The van der Waals surface area contributed by atoms with Crippen LogP contribution >= 0.6 is 11.6 Å². The monoisotopic (exact) mass is 398 g/mol. The van der Waals surface area contributed by atoms with Crippen LogP contribution in [0.5, 0.6) is 5.88 Å². The number of halogens is 1. The molecule has 0 atom stereocenters. The minimum atomic E-state index is 0.590. The molecule has 148 valence electrons. The fraction of sp³-hybridized carbons (Fsp3) is 0.455. The Morgan fingerprint density at radius 1 is 1.14 bits per heavy atom. The Kier molecular flexibility index (Phi) is 5.83. The molecule has 4 rings (SSSR count). The fourth-order valence-corrected chi connectivity index (χ4v) is 3.79. The molecule has 2 aromatic heterocycles. The number of aromatic nitrogens is 2. The van der Waals surface area contributed by atoms with Crippen molar-refractivity contribution >= 4 is 39.2 Å². The van der Waals surface area contributed by atoms with Crippen LogP contribution in [0, 0.1) is 5.92 Å². The molecule has 1 aliphatic rings. The van der Waals surface area contributed by atoms with Gasteiger partial charge >= 0.3 is 0 Å². The van der Waals surface area contributed by atoms with E-state index in [1.165, 1.54) is 25.8 Å². The van der Waals surface area contributed by atoms with Crippen molar-refractivity contribution in [1.82, 2.24) is 14.9 Å². The van der Waals surface area contributed by atoms with Gasteiger partial charge in [0.1, 0.15) is 5.52 Å². The maximum absolute atomic E-state index is 6.18. The van der Waals surface area contributed by atoms with Gasteiger partial charge in [0, 0.05) is 29.6 Å². The highest BCUT2D eigenvalue weighted by molar-refractivity contribution is 6.31. The zero-order chi connectivity index (χ0) is 19.5. The van der Waals surface area contributed by atoms with Gasteiger partial charge in [0.05, 0.1) is 23.8 Å². The second-order valence-electron chi connectivity index (χ2n) is 7.71. The van der Waals surface area contributed by atoms with Crippen molar-refractivity contribution in [3.8, 4) is 5.88 Å². The number of rotatable bonds is 9. The summed E-state index contributed by atoms with van der Waals surface area (Å²) in [6.45, 7) is 3.29. The number of methoxy groups -OCH3 is 1. The number of anilines is 1. The number of ether oxygens (including phenoxy) is 1.